The molecule has 0 aliphatic carbocycles. The van der Waals surface area contributed by atoms with Crippen molar-refractivity contribution in [3.8, 4) is 5.75 Å². The summed E-state index contributed by atoms with van der Waals surface area (Å²) in [5, 5.41) is 4.70. The zero-order valence-electron chi connectivity index (χ0n) is 10.9. The van der Waals surface area contributed by atoms with Crippen molar-refractivity contribution in [2.75, 3.05) is 20.2 Å². The van der Waals surface area contributed by atoms with Gasteiger partial charge in [0.1, 0.15) is 5.75 Å². The van der Waals surface area contributed by atoms with Crippen molar-refractivity contribution in [1.29, 1.82) is 0 Å². The Kier molecular flexibility index (Phi) is 4.01. The molecule has 2 N–H and O–H groups in total. The van der Waals surface area contributed by atoms with Crippen LogP contribution in [0.5, 0.6) is 5.75 Å². The number of methoxy groups -OCH3 is 1. The molecule has 1 aliphatic heterocycles. The van der Waals surface area contributed by atoms with Crippen LogP contribution in [0.3, 0.4) is 0 Å². The second-order valence-electron chi connectivity index (χ2n) is 4.56. The molecule has 0 saturated carbocycles. The second kappa shape index (κ2) is 5.41. The van der Waals surface area contributed by atoms with E-state index in [4.69, 9.17) is 4.74 Å². The fraction of sp³-hybridized carbons (Fsp3) is 0.462. The minimum atomic E-state index is -4.55. The van der Waals surface area contributed by atoms with Gasteiger partial charge in [-0.2, -0.15) is 13.2 Å². The second-order valence-corrected chi connectivity index (χ2v) is 4.56. The van der Waals surface area contributed by atoms with Gasteiger partial charge in [0.25, 0.3) is 0 Å². The van der Waals surface area contributed by atoms with Crippen LogP contribution < -0.4 is 15.4 Å². The van der Waals surface area contributed by atoms with Crippen LogP contribution in [0.15, 0.2) is 24.3 Å². The molecule has 0 atom stereocenters. The number of halogens is 3. The molecule has 1 saturated heterocycles. The highest BCUT2D eigenvalue weighted by atomic mass is 19.4. The average molecular weight is 288 g/mol. The van der Waals surface area contributed by atoms with Gasteiger partial charge in [-0.1, -0.05) is 12.1 Å². The number of Topliss-reactive ketones (excluding diaryl/α,β-unsaturated/α-hetero) is 1. The quantitative estimate of drug-likeness (QED) is 0.828. The maximum atomic E-state index is 13.2. The molecule has 0 spiro atoms. The summed E-state index contributed by atoms with van der Waals surface area (Å²) >= 11 is 0. The summed E-state index contributed by atoms with van der Waals surface area (Å²) in [5.74, 6) is -0.352. The fourth-order valence-corrected chi connectivity index (χ4v) is 2.25. The largest absolute Gasteiger partial charge is 0.496 e. The first-order chi connectivity index (χ1) is 9.39. The number of ether oxygens (including phenoxy) is 1. The molecule has 4 nitrogen and oxygen atoms in total. The Labute approximate surface area is 114 Å². The van der Waals surface area contributed by atoms with Crippen molar-refractivity contribution in [3.63, 3.8) is 0 Å². The summed E-state index contributed by atoms with van der Waals surface area (Å²) in [7, 11) is 1.37. The van der Waals surface area contributed by atoms with Gasteiger partial charge < -0.3 is 4.74 Å². The maximum Gasteiger partial charge on any atom is 0.420 e. The van der Waals surface area contributed by atoms with Crippen LogP contribution in [0, 0.1) is 0 Å². The van der Waals surface area contributed by atoms with E-state index < -0.39 is 24.0 Å². The van der Waals surface area contributed by atoms with E-state index in [0.29, 0.717) is 0 Å². The molecular weight excluding hydrogens is 273 g/mol. The molecule has 1 aromatic rings. The van der Waals surface area contributed by atoms with Crippen molar-refractivity contribution in [2.24, 2.45) is 0 Å². The van der Waals surface area contributed by atoms with Gasteiger partial charge in [0.2, 0.25) is 0 Å². The first-order valence-electron chi connectivity index (χ1n) is 6.13. The number of rotatable bonds is 4. The predicted molar refractivity (Wildman–Crippen MR) is 66.7 cm³/mol. The number of nitrogens with one attached hydrogen (secondary N) is 2. The highest BCUT2D eigenvalue weighted by molar-refractivity contribution is 5.99. The van der Waals surface area contributed by atoms with Crippen molar-refractivity contribution < 1.29 is 22.7 Å². The molecule has 1 fully saturated rings. The Balaban J connectivity index is 2.26. The number of ketones is 1. The summed E-state index contributed by atoms with van der Waals surface area (Å²) in [5.41, 5.74) is -2.21. The molecule has 7 heteroatoms. The summed E-state index contributed by atoms with van der Waals surface area (Å²) in [4.78, 5) is 12.2. The van der Waals surface area contributed by atoms with E-state index in [1.54, 1.807) is 18.2 Å². The number of hydrogen-bond donors (Lipinski definition) is 2. The molecule has 1 heterocycles. The maximum absolute atomic E-state index is 13.2. The first-order valence-corrected chi connectivity index (χ1v) is 6.13. The molecule has 110 valence electrons. The number of alkyl halides is 3. The van der Waals surface area contributed by atoms with Crippen molar-refractivity contribution >= 4 is 5.78 Å². The molecule has 1 aromatic carbocycles. The standard InChI is InChI=1S/C13H15F3N2O2/c1-20-11-5-3-2-4-9(11)10(19)8-12(13(14,15)16)17-6-7-18-12/h2-5,17-18H,6-8H2,1H3. The van der Waals surface area contributed by atoms with E-state index in [1.807, 2.05) is 0 Å². The van der Waals surface area contributed by atoms with E-state index >= 15 is 0 Å². The van der Waals surface area contributed by atoms with Gasteiger partial charge in [-0.15, -0.1) is 0 Å². The van der Waals surface area contributed by atoms with Crippen LogP contribution in [0.1, 0.15) is 16.8 Å². The van der Waals surface area contributed by atoms with Gasteiger partial charge in [0.05, 0.1) is 19.1 Å². The Bertz CT molecular complexity index is 497. The smallest absolute Gasteiger partial charge is 0.420 e. The summed E-state index contributed by atoms with van der Waals surface area (Å²) < 4.78 is 44.5. The lowest BCUT2D eigenvalue weighted by Crippen LogP contribution is -2.61. The summed E-state index contributed by atoms with van der Waals surface area (Å²) in [6.45, 7) is 0.331. The predicted octanol–water partition coefficient (Wildman–Crippen LogP) is 1.72. The zero-order valence-corrected chi connectivity index (χ0v) is 10.9. The van der Waals surface area contributed by atoms with E-state index in [2.05, 4.69) is 10.6 Å². The van der Waals surface area contributed by atoms with Crippen molar-refractivity contribution in [2.45, 2.75) is 18.3 Å². The topological polar surface area (TPSA) is 50.4 Å². The lowest BCUT2D eigenvalue weighted by Gasteiger charge is -2.31. The Morgan fingerprint density at radius 2 is 1.90 bits per heavy atom. The van der Waals surface area contributed by atoms with E-state index in [9.17, 15) is 18.0 Å². The number of para-hydroxylation sites is 1. The molecule has 0 unspecified atom stereocenters. The van der Waals surface area contributed by atoms with Gasteiger partial charge in [-0.25, -0.2) is 0 Å². The van der Waals surface area contributed by atoms with E-state index in [0.717, 1.165) is 0 Å². The van der Waals surface area contributed by atoms with Gasteiger partial charge in [-0.3, -0.25) is 15.4 Å². The van der Waals surface area contributed by atoms with Crippen LogP contribution >= 0.6 is 0 Å². The lowest BCUT2D eigenvalue weighted by molar-refractivity contribution is -0.198. The Morgan fingerprint density at radius 1 is 1.30 bits per heavy atom. The van der Waals surface area contributed by atoms with E-state index in [1.165, 1.54) is 13.2 Å². The van der Waals surface area contributed by atoms with Gasteiger partial charge in [0.15, 0.2) is 11.4 Å². The van der Waals surface area contributed by atoms with Crippen LogP contribution in [-0.2, 0) is 0 Å². The Hall–Kier alpha value is -1.60. The number of carbonyl (C=O) groups excluding carboxylic acids is 1. The summed E-state index contributed by atoms with van der Waals surface area (Å²) in [6, 6.07) is 6.25. The van der Waals surface area contributed by atoms with Crippen LogP contribution in [0.4, 0.5) is 13.2 Å². The fourth-order valence-electron chi connectivity index (χ4n) is 2.25. The monoisotopic (exact) mass is 288 g/mol. The highest BCUT2D eigenvalue weighted by Gasteiger charge is 2.57. The van der Waals surface area contributed by atoms with Crippen molar-refractivity contribution in [1.82, 2.24) is 10.6 Å². The van der Waals surface area contributed by atoms with E-state index in [-0.39, 0.29) is 24.4 Å². The Morgan fingerprint density at radius 3 is 2.45 bits per heavy atom. The van der Waals surface area contributed by atoms with Crippen LogP contribution in [0.25, 0.3) is 0 Å². The van der Waals surface area contributed by atoms with Crippen LogP contribution in [0.2, 0.25) is 0 Å². The lowest BCUT2D eigenvalue weighted by atomic mass is 9.97. The van der Waals surface area contributed by atoms with Gasteiger partial charge >= 0.3 is 6.18 Å². The van der Waals surface area contributed by atoms with Gasteiger partial charge in [0, 0.05) is 13.1 Å². The molecule has 0 amide bonds. The first kappa shape index (κ1) is 14.8. The molecule has 2 rings (SSSR count). The third-order valence-electron chi connectivity index (χ3n) is 3.30. The molecule has 0 bridgehead atoms. The third kappa shape index (κ3) is 2.64. The number of carbonyl (C=O) groups is 1. The zero-order chi connectivity index (χ0) is 14.8. The molecule has 20 heavy (non-hydrogen) atoms. The molecule has 0 radical (unpaired) electrons. The average Bonchev–Trinajstić information content (AvgIpc) is 2.88. The molecule has 1 aliphatic rings. The summed E-state index contributed by atoms with van der Waals surface area (Å²) in [6.07, 6.45) is -5.27. The molecule has 0 aromatic heterocycles. The minimum absolute atomic E-state index is 0.147. The highest BCUT2D eigenvalue weighted by Crippen LogP contribution is 2.34. The van der Waals surface area contributed by atoms with Crippen LogP contribution in [-0.4, -0.2) is 37.8 Å². The van der Waals surface area contributed by atoms with Crippen molar-refractivity contribution in [3.05, 3.63) is 29.8 Å². The third-order valence-corrected chi connectivity index (χ3v) is 3.30. The minimum Gasteiger partial charge on any atom is -0.496 e. The number of hydrogen-bond acceptors (Lipinski definition) is 4. The normalized spacial score (nSPS) is 18.0. The SMILES string of the molecule is COc1ccccc1C(=O)CC1(C(F)(F)F)NCCN1. The number of benzene rings is 1. The molecular formula is C13H15F3N2O2. The van der Waals surface area contributed by atoms with Gasteiger partial charge in [-0.05, 0) is 12.1 Å².